The van der Waals surface area contributed by atoms with E-state index in [0.29, 0.717) is 18.9 Å². The van der Waals surface area contributed by atoms with Crippen LogP contribution in [0.3, 0.4) is 0 Å². The van der Waals surface area contributed by atoms with E-state index in [-0.39, 0.29) is 23.9 Å². The first-order chi connectivity index (χ1) is 10.3. The van der Waals surface area contributed by atoms with Gasteiger partial charge in [0.2, 0.25) is 10.0 Å². The smallest absolute Gasteiger partial charge is 0.311 e. The van der Waals surface area contributed by atoms with Gasteiger partial charge in [-0.25, -0.2) is 17.2 Å². The highest BCUT2D eigenvalue weighted by molar-refractivity contribution is 7.89. The first kappa shape index (κ1) is 15.4. The number of sulfonamides is 1. The average molecular weight is 331 g/mol. The van der Waals surface area contributed by atoms with E-state index in [1.54, 1.807) is 0 Å². The van der Waals surface area contributed by atoms with Crippen LogP contribution in [0.4, 0.5) is 8.78 Å². The van der Waals surface area contributed by atoms with Crippen LogP contribution in [-0.2, 0) is 14.8 Å². The molecule has 1 aliphatic carbocycles. The highest BCUT2D eigenvalue weighted by atomic mass is 32.2. The number of carbonyl (C=O) groups is 1. The number of hydrogen-bond donors (Lipinski definition) is 1. The van der Waals surface area contributed by atoms with Crippen molar-refractivity contribution in [2.75, 3.05) is 13.1 Å². The molecule has 8 heteroatoms. The zero-order valence-electron chi connectivity index (χ0n) is 11.6. The number of benzene rings is 1. The molecule has 22 heavy (non-hydrogen) atoms. The van der Waals surface area contributed by atoms with Gasteiger partial charge in [0.25, 0.3) is 0 Å². The van der Waals surface area contributed by atoms with Gasteiger partial charge in [-0.15, -0.1) is 0 Å². The SMILES string of the molecule is O=C(O)[C@@]12CCC[C@H]1CN(S(=O)(=O)c1ccc(F)c(F)c1)C2. The Morgan fingerprint density at radius 1 is 1.32 bits per heavy atom. The molecule has 3 rings (SSSR count). The molecule has 1 aromatic rings. The van der Waals surface area contributed by atoms with Crippen molar-refractivity contribution in [2.45, 2.75) is 24.2 Å². The van der Waals surface area contributed by atoms with Gasteiger partial charge < -0.3 is 5.11 Å². The molecule has 2 atom stereocenters. The fourth-order valence-corrected chi connectivity index (χ4v) is 5.13. The summed E-state index contributed by atoms with van der Waals surface area (Å²) < 4.78 is 52.4. The number of rotatable bonds is 3. The summed E-state index contributed by atoms with van der Waals surface area (Å²) in [5, 5.41) is 9.48. The van der Waals surface area contributed by atoms with Gasteiger partial charge >= 0.3 is 5.97 Å². The lowest BCUT2D eigenvalue weighted by Gasteiger charge is -2.23. The van der Waals surface area contributed by atoms with Crippen LogP contribution in [0.5, 0.6) is 0 Å². The van der Waals surface area contributed by atoms with Crippen LogP contribution in [0, 0.1) is 23.0 Å². The number of halogens is 2. The summed E-state index contributed by atoms with van der Waals surface area (Å²) in [5.41, 5.74) is -1.05. The molecular weight excluding hydrogens is 316 g/mol. The van der Waals surface area contributed by atoms with E-state index in [0.717, 1.165) is 22.9 Å². The summed E-state index contributed by atoms with van der Waals surface area (Å²) in [6, 6.07) is 2.38. The second-order valence-corrected chi connectivity index (χ2v) is 7.86. The van der Waals surface area contributed by atoms with Crippen molar-refractivity contribution < 1.29 is 27.1 Å². The highest BCUT2D eigenvalue weighted by Crippen LogP contribution is 2.50. The third kappa shape index (κ3) is 2.13. The Labute approximate surface area is 126 Å². The van der Waals surface area contributed by atoms with Crippen LogP contribution in [0.15, 0.2) is 23.1 Å². The Hall–Kier alpha value is -1.54. The van der Waals surface area contributed by atoms with Crippen molar-refractivity contribution in [3.8, 4) is 0 Å². The fraction of sp³-hybridized carbons (Fsp3) is 0.500. The van der Waals surface area contributed by atoms with Crippen molar-refractivity contribution in [3.05, 3.63) is 29.8 Å². The zero-order chi connectivity index (χ0) is 16.1. The molecule has 0 spiro atoms. The first-order valence-corrected chi connectivity index (χ1v) is 8.40. The van der Waals surface area contributed by atoms with Gasteiger partial charge in [-0.2, -0.15) is 4.31 Å². The maximum atomic E-state index is 13.3. The van der Waals surface area contributed by atoms with Gasteiger partial charge in [0.1, 0.15) is 0 Å². The normalized spacial score (nSPS) is 28.7. The van der Waals surface area contributed by atoms with Gasteiger partial charge in [0.15, 0.2) is 11.6 Å². The van der Waals surface area contributed by atoms with Crippen LogP contribution in [0.1, 0.15) is 19.3 Å². The Balaban J connectivity index is 1.94. The highest BCUT2D eigenvalue weighted by Gasteiger charge is 2.57. The van der Waals surface area contributed by atoms with Crippen molar-refractivity contribution >= 4 is 16.0 Å². The topological polar surface area (TPSA) is 74.7 Å². The van der Waals surface area contributed by atoms with Crippen molar-refractivity contribution in [2.24, 2.45) is 11.3 Å². The summed E-state index contributed by atoms with van der Waals surface area (Å²) in [4.78, 5) is 11.2. The summed E-state index contributed by atoms with van der Waals surface area (Å²) in [6.07, 6.45) is 1.86. The molecule has 0 amide bonds. The van der Waals surface area contributed by atoms with Gasteiger partial charge in [-0.05, 0) is 37.0 Å². The summed E-state index contributed by atoms with van der Waals surface area (Å²) in [6.45, 7) is -0.0119. The van der Waals surface area contributed by atoms with E-state index in [4.69, 9.17) is 0 Å². The van der Waals surface area contributed by atoms with Gasteiger partial charge in [-0.1, -0.05) is 6.42 Å². The number of hydrogen-bond acceptors (Lipinski definition) is 3. The Morgan fingerprint density at radius 2 is 2.05 bits per heavy atom. The molecule has 1 saturated heterocycles. The van der Waals surface area contributed by atoms with Crippen LogP contribution in [-0.4, -0.2) is 36.9 Å². The third-order valence-corrected chi connectivity index (χ3v) is 6.60. The minimum Gasteiger partial charge on any atom is -0.481 e. The molecule has 0 bridgehead atoms. The fourth-order valence-electron chi connectivity index (χ4n) is 3.56. The molecule has 0 unspecified atom stereocenters. The van der Waals surface area contributed by atoms with E-state index >= 15 is 0 Å². The Morgan fingerprint density at radius 3 is 2.64 bits per heavy atom. The quantitative estimate of drug-likeness (QED) is 0.917. The maximum Gasteiger partial charge on any atom is 0.311 e. The molecule has 1 N–H and O–H groups in total. The van der Waals surface area contributed by atoms with Crippen LogP contribution in [0.2, 0.25) is 0 Å². The number of carboxylic acid groups (broad SMARTS) is 1. The molecule has 2 fully saturated rings. The predicted octanol–water partition coefficient (Wildman–Crippen LogP) is 1.84. The first-order valence-electron chi connectivity index (χ1n) is 6.96. The molecular formula is C14H15F2NO4S. The predicted molar refractivity (Wildman–Crippen MR) is 72.5 cm³/mol. The van der Waals surface area contributed by atoms with Crippen LogP contribution < -0.4 is 0 Å². The number of aliphatic carboxylic acids is 1. The molecule has 0 radical (unpaired) electrons. The number of nitrogens with zero attached hydrogens (tertiary/aromatic N) is 1. The monoisotopic (exact) mass is 331 g/mol. The molecule has 1 heterocycles. The number of carboxylic acids is 1. The molecule has 1 saturated carbocycles. The molecule has 1 aromatic carbocycles. The lowest BCUT2D eigenvalue weighted by molar-refractivity contribution is -0.149. The molecule has 5 nitrogen and oxygen atoms in total. The van der Waals surface area contributed by atoms with E-state index < -0.39 is 33.0 Å². The Bertz CT molecular complexity index is 736. The van der Waals surface area contributed by atoms with Crippen LogP contribution >= 0.6 is 0 Å². The van der Waals surface area contributed by atoms with Gasteiger partial charge in [0.05, 0.1) is 10.3 Å². The summed E-state index contributed by atoms with van der Waals surface area (Å²) >= 11 is 0. The standard InChI is InChI=1S/C14H15F2NO4S/c15-11-4-3-10(6-12(11)16)22(20,21)17-7-9-2-1-5-14(9,8-17)13(18)19/h3-4,6,9H,1-2,5,7-8H2,(H,18,19)/t9-,14+/m0/s1. The summed E-state index contributed by atoms with van der Waals surface area (Å²) in [7, 11) is -4.03. The zero-order valence-corrected chi connectivity index (χ0v) is 12.4. The number of fused-ring (bicyclic) bond motifs is 1. The van der Waals surface area contributed by atoms with Crippen LogP contribution in [0.25, 0.3) is 0 Å². The lowest BCUT2D eigenvalue weighted by Crippen LogP contribution is -2.37. The van der Waals surface area contributed by atoms with E-state index in [2.05, 4.69) is 0 Å². The maximum absolute atomic E-state index is 13.3. The largest absolute Gasteiger partial charge is 0.481 e. The average Bonchev–Trinajstić information content (AvgIpc) is 2.99. The molecule has 1 aliphatic heterocycles. The molecule has 0 aromatic heterocycles. The van der Waals surface area contributed by atoms with E-state index in [1.807, 2.05) is 0 Å². The second-order valence-electron chi connectivity index (χ2n) is 5.92. The molecule has 2 aliphatic rings. The van der Waals surface area contributed by atoms with Crippen molar-refractivity contribution in [1.29, 1.82) is 0 Å². The van der Waals surface area contributed by atoms with Crippen molar-refractivity contribution in [1.82, 2.24) is 4.31 Å². The second kappa shape index (κ2) is 4.99. The minimum atomic E-state index is -4.03. The third-order valence-electron chi connectivity index (χ3n) is 4.79. The van der Waals surface area contributed by atoms with Gasteiger partial charge in [0, 0.05) is 13.1 Å². The Kier molecular flexibility index (Phi) is 3.48. The minimum absolute atomic E-state index is 0.105. The van der Waals surface area contributed by atoms with E-state index in [1.165, 1.54) is 0 Å². The summed E-state index contributed by atoms with van der Waals surface area (Å²) in [5.74, 6) is -3.59. The molecule has 120 valence electrons. The van der Waals surface area contributed by atoms with Crippen molar-refractivity contribution in [3.63, 3.8) is 0 Å². The van der Waals surface area contributed by atoms with Gasteiger partial charge in [-0.3, -0.25) is 4.79 Å². The lowest BCUT2D eigenvalue weighted by atomic mass is 9.81. The van der Waals surface area contributed by atoms with E-state index in [9.17, 15) is 27.1 Å².